The van der Waals surface area contributed by atoms with Crippen LogP contribution in [-0.2, 0) is 13.6 Å². The second kappa shape index (κ2) is 5.82. The topological polar surface area (TPSA) is 36.3 Å². The molecule has 1 N–H and O–H groups in total. The van der Waals surface area contributed by atoms with E-state index in [2.05, 4.69) is 47.5 Å². The molecule has 1 aromatic heterocycles. The number of aryl methyl sites for hydroxylation is 1. The highest BCUT2D eigenvalue weighted by Gasteiger charge is 2.15. The standard InChI is InChI=1S/C13H25N5/c1-11(2)13-12(10-17(4)15-13)9-14-18-7-5-16(3)6-8-18/h10-11,14H,5-9H2,1-4H3. The lowest BCUT2D eigenvalue weighted by Gasteiger charge is -2.32. The molecule has 0 saturated carbocycles. The highest BCUT2D eigenvalue weighted by molar-refractivity contribution is 5.19. The first-order valence-corrected chi connectivity index (χ1v) is 6.75. The van der Waals surface area contributed by atoms with Crippen molar-refractivity contribution in [3.05, 3.63) is 17.5 Å². The summed E-state index contributed by atoms with van der Waals surface area (Å²) in [5.41, 5.74) is 6.04. The Morgan fingerprint density at radius 3 is 2.50 bits per heavy atom. The molecule has 0 aliphatic carbocycles. The smallest absolute Gasteiger partial charge is 0.0695 e. The molecule has 5 nitrogen and oxygen atoms in total. The van der Waals surface area contributed by atoms with E-state index >= 15 is 0 Å². The summed E-state index contributed by atoms with van der Waals surface area (Å²) in [6, 6.07) is 0. The number of nitrogens with one attached hydrogen (secondary N) is 1. The summed E-state index contributed by atoms with van der Waals surface area (Å²) in [7, 11) is 4.17. The molecule has 1 aromatic rings. The van der Waals surface area contributed by atoms with Crippen LogP contribution in [0.15, 0.2) is 6.20 Å². The van der Waals surface area contributed by atoms with Gasteiger partial charge < -0.3 is 4.90 Å². The van der Waals surface area contributed by atoms with Gasteiger partial charge in [-0.1, -0.05) is 13.8 Å². The van der Waals surface area contributed by atoms with Crippen molar-refractivity contribution in [2.75, 3.05) is 33.2 Å². The number of hydrogen-bond donors (Lipinski definition) is 1. The van der Waals surface area contributed by atoms with Gasteiger partial charge >= 0.3 is 0 Å². The van der Waals surface area contributed by atoms with Crippen LogP contribution in [-0.4, -0.2) is 52.9 Å². The molecule has 2 rings (SSSR count). The Morgan fingerprint density at radius 1 is 1.22 bits per heavy atom. The number of hydrogen-bond acceptors (Lipinski definition) is 4. The Bertz CT molecular complexity index is 377. The third kappa shape index (κ3) is 3.31. The average Bonchev–Trinajstić information content (AvgIpc) is 2.70. The Kier molecular flexibility index (Phi) is 4.37. The van der Waals surface area contributed by atoms with E-state index in [1.807, 2.05) is 11.7 Å². The van der Waals surface area contributed by atoms with Gasteiger partial charge in [0.05, 0.1) is 5.69 Å². The van der Waals surface area contributed by atoms with E-state index in [1.165, 1.54) is 11.3 Å². The molecule has 0 radical (unpaired) electrons. The first-order valence-electron chi connectivity index (χ1n) is 6.75. The van der Waals surface area contributed by atoms with Crippen LogP contribution in [0.25, 0.3) is 0 Å². The molecule has 1 aliphatic rings. The molecule has 0 aromatic carbocycles. The first-order chi connectivity index (χ1) is 8.56. The molecule has 0 spiro atoms. The summed E-state index contributed by atoms with van der Waals surface area (Å²) in [4.78, 5) is 2.36. The van der Waals surface area contributed by atoms with Gasteiger partial charge in [0.2, 0.25) is 0 Å². The van der Waals surface area contributed by atoms with Gasteiger partial charge in [-0.05, 0) is 13.0 Å². The van der Waals surface area contributed by atoms with Gasteiger partial charge in [0.15, 0.2) is 0 Å². The molecular formula is C13H25N5. The van der Waals surface area contributed by atoms with E-state index < -0.39 is 0 Å². The fourth-order valence-electron chi connectivity index (χ4n) is 2.34. The third-order valence-corrected chi connectivity index (χ3v) is 3.48. The van der Waals surface area contributed by atoms with Crippen molar-refractivity contribution >= 4 is 0 Å². The highest BCUT2D eigenvalue weighted by Crippen LogP contribution is 2.17. The summed E-state index contributed by atoms with van der Waals surface area (Å²) in [6.45, 7) is 9.73. The SMILES string of the molecule is CC(C)c1nn(C)cc1CNN1CCN(C)CC1. The Labute approximate surface area is 110 Å². The molecule has 2 heterocycles. The van der Waals surface area contributed by atoms with Gasteiger partial charge in [0, 0.05) is 51.5 Å². The molecule has 0 atom stereocenters. The van der Waals surface area contributed by atoms with E-state index in [0.717, 1.165) is 32.7 Å². The molecule has 102 valence electrons. The van der Waals surface area contributed by atoms with E-state index in [9.17, 15) is 0 Å². The van der Waals surface area contributed by atoms with Gasteiger partial charge in [-0.3, -0.25) is 10.1 Å². The van der Waals surface area contributed by atoms with Gasteiger partial charge in [0.1, 0.15) is 0 Å². The normalized spacial score (nSPS) is 18.7. The first kappa shape index (κ1) is 13.5. The van der Waals surface area contributed by atoms with Crippen molar-refractivity contribution in [1.82, 2.24) is 25.1 Å². The van der Waals surface area contributed by atoms with Crippen LogP contribution in [0, 0.1) is 0 Å². The summed E-state index contributed by atoms with van der Waals surface area (Å²) in [5.74, 6) is 0.482. The molecule has 1 saturated heterocycles. The van der Waals surface area contributed by atoms with Crippen LogP contribution in [0.2, 0.25) is 0 Å². The minimum absolute atomic E-state index is 0.482. The van der Waals surface area contributed by atoms with Gasteiger partial charge in [-0.2, -0.15) is 5.10 Å². The minimum atomic E-state index is 0.482. The fourth-order valence-corrected chi connectivity index (χ4v) is 2.34. The maximum absolute atomic E-state index is 4.54. The lowest BCUT2D eigenvalue weighted by Crippen LogP contribution is -2.50. The van der Waals surface area contributed by atoms with Crippen LogP contribution >= 0.6 is 0 Å². The number of piperazine rings is 1. The number of likely N-dealkylation sites (N-methyl/N-ethyl adjacent to an activating group) is 1. The van der Waals surface area contributed by atoms with Crippen LogP contribution in [0.3, 0.4) is 0 Å². The predicted molar refractivity (Wildman–Crippen MR) is 73.2 cm³/mol. The number of hydrazine groups is 1. The molecule has 1 aliphatic heterocycles. The lowest BCUT2D eigenvalue weighted by molar-refractivity contribution is 0.102. The van der Waals surface area contributed by atoms with Crippen molar-refractivity contribution < 1.29 is 0 Å². The van der Waals surface area contributed by atoms with Crippen molar-refractivity contribution in [2.45, 2.75) is 26.3 Å². The molecule has 0 amide bonds. The zero-order valence-corrected chi connectivity index (χ0v) is 12.0. The quantitative estimate of drug-likeness (QED) is 0.858. The van der Waals surface area contributed by atoms with Crippen molar-refractivity contribution in [3.63, 3.8) is 0 Å². The Hall–Kier alpha value is -0.910. The van der Waals surface area contributed by atoms with Crippen molar-refractivity contribution in [2.24, 2.45) is 7.05 Å². The van der Waals surface area contributed by atoms with Crippen LogP contribution in [0.4, 0.5) is 0 Å². The lowest BCUT2D eigenvalue weighted by atomic mass is 10.1. The van der Waals surface area contributed by atoms with Gasteiger partial charge in [0.25, 0.3) is 0 Å². The molecule has 5 heteroatoms. The van der Waals surface area contributed by atoms with Crippen LogP contribution in [0.5, 0.6) is 0 Å². The number of aromatic nitrogens is 2. The Morgan fingerprint density at radius 2 is 1.89 bits per heavy atom. The molecule has 0 bridgehead atoms. The van der Waals surface area contributed by atoms with E-state index in [0.29, 0.717) is 5.92 Å². The van der Waals surface area contributed by atoms with Gasteiger partial charge in [-0.15, -0.1) is 0 Å². The van der Waals surface area contributed by atoms with Gasteiger partial charge in [-0.25, -0.2) is 5.01 Å². The largest absolute Gasteiger partial charge is 0.304 e. The second-order valence-electron chi connectivity index (χ2n) is 5.49. The van der Waals surface area contributed by atoms with E-state index in [-0.39, 0.29) is 0 Å². The molecular weight excluding hydrogens is 226 g/mol. The predicted octanol–water partition coefficient (Wildman–Crippen LogP) is 0.796. The minimum Gasteiger partial charge on any atom is -0.304 e. The monoisotopic (exact) mass is 251 g/mol. The fraction of sp³-hybridized carbons (Fsp3) is 0.769. The number of nitrogens with zero attached hydrogens (tertiary/aromatic N) is 4. The summed E-state index contributed by atoms with van der Waals surface area (Å²) in [5, 5.41) is 6.85. The summed E-state index contributed by atoms with van der Waals surface area (Å²) >= 11 is 0. The van der Waals surface area contributed by atoms with E-state index in [1.54, 1.807) is 0 Å². The number of rotatable bonds is 4. The zero-order valence-electron chi connectivity index (χ0n) is 12.0. The summed E-state index contributed by atoms with van der Waals surface area (Å²) in [6.07, 6.45) is 2.12. The van der Waals surface area contributed by atoms with Crippen LogP contribution < -0.4 is 5.43 Å². The zero-order chi connectivity index (χ0) is 13.1. The maximum atomic E-state index is 4.54. The molecule has 0 unspecified atom stereocenters. The third-order valence-electron chi connectivity index (χ3n) is 3.48. The highest BCUT2D eigenvalue weighted by atomic mass is 15.5. The summed E-state index contributed by atoms with van der Waals surface area (Å²) < 4.78 is 1.91. The van der Waals surface area contributed by atoms with Crippen molar-refractivity contribution in [3.8, 4) is 0 Å². The Balaban J connectivity index is 1.90. The second-order valence-corrected chi connectivity index (χ2v) is 5.49. The maximum Gasteiger partial charge on any atom is 0.0695 e. The molecule has 1 fully saturated rings. The van der Waals surface area contributed by atoms with Crippen molar-refractivity contribution in [1.29, 1.82) is 0 Å². The van der Waals surface area contributed by atoms with E-state index in [4.69, 9.17) is 0 Å². The molecule has 18 heavy (non-hydrogen) atoms. The average molecular weight is 251 g/mol. The van der Waals surface area contributed by atoms with Crippen LogP contribution in [0.1, 0.15) is 31.0 Å².